The zero-order valence-electron chi connectivity index (χ0n) is 11.7. The third kappa shape index (κ3) is 3.22. The van der Waals surface area contributed by atoms with Crippen LogP contribution in [0.1, 0.15) is 25.8 Å². The Labute approximate surface area is 114 Å². The lowest BCUT2D eigenvalue weighted by Gasteiger charge is -2.21. The number of pyridine rings is 1. The van der Waals surface area contributed by atoms with Gasteiger partial charge in [0.25, 0.3) is 0 Å². The van der Waals surface area contributed by atoms with Gasteiger partial charge in [0.15, 0.2) is 0 Å². The highest BCUT2D eigenvalue weighted by atomic mass is 15.3. The Kier molecular flexibility index (Phi) is 4.71. The Morgan fingerprint density at radius 3 is 2.74 bits per heavy atom. The molecule has 0 unspecified atom stereocenters. The van der Waals surface area contributed by atoms with Crippen molar-refractivity contribution < 1.29 is 0 Å². The van der Waals surface area contributed by atoms with Gasteiger partial charge in [-0.1, -0.05) is 32.0 Å². The van der Waals surface area contributed by atoms with E-state index in [2.05, 4.69) is 41.3 Å². The van der Waals surface area contributed by atoms with Crippen molar-refractivity contribution in [2.45, 2.75) is 26.8 Å². The van der Waals surface area contributed by atoms with Gasteiger partial charge in [-0.05, 0) is 31.6 Å². The van der Waals surface area contributed by atoms with Crippen molar-refractivity contribution in [1.82, 2.24) is 9.88 Å². The van der Waals surface area contributed by atoms with Gasteiger partial charge in [0, 0.05) is 17.5 Å². The number of nitrogens with zero attached hydrogens (tertiary/aromatic N) is 2. The molecule has 2 aromatic rings. The van der Waals surface area contributed by atoms with Gasteiger partial charge in [-0.15, -0.1) is 0 Å². The number of aromatic nitrogens is 1. The van der Waals surface area contributed by atoms with Gasteiger partial charge in [-0.3, -0.25) is 4.90 Å². The molecule has 0 aliphatic carbocycles. The fourth-order valence-corrected chi connectivity index (χ4v) is 2.31. The molecule has 0 saturated heterocycles. The fraction of sp³-hybridized carbons (Fsp3) is 0.400. The summed E-state index contributed by atoms with van der Waals surface area (Å²) in [7, 11) is 0. The maximum Gasteiger partial charge on any atom is 0.145 e. The van der Waals surface area contributed by atoms with Gasteiger partial charge in [-0.25, -0.2) is 10.8 Å². The minimum atomic E-state index is 0.772. The van der Waals surface area contributed by atoms with Crippen LogP contribution < -0.4 is 11.3 Å². The topological polar surface area (TPSA) is 54.2 Å². The Bertz CT molecular complexity index is 539. The summed E-state index contributed by atoms with van der Waals surface area (Å²) in [4.78, 5) is 6.97. The third-order valence-corrected chi connectivity index (χ3v) is 3.32. The van der Waals surface area contributed by atoms with Crippen LogP contribution in [0.25, 0.3) is 10.9 Å². The second-order valence-electron chi connectivity index (χ2n) is 4.70. The Hall–Kier alpha value is -1.65. The van der Waals surface area contributed by atoms with Crippen LogP contribution in [-0.2, 0) is 6.54 Å². The molecule has 4 nitrogen and oxygen atoms in total. The fourth-order valence-electron chi connectivity index (χ4n) is 2.31. The lowest BCUT2D eigenvalue weighted by Crippen LogP contribution is -2.25. The zero-order valence-corrected chi connectivity index (χ0v) is 11.7. The van der Waals surface area contributed by atoms with Crippen LogP contribution in [0.3, 0.4) is 0 Å². The molecule has 0 fully saturated rings. The summed E-state index contributed by atoms with van der Waals surface area (Å²) < 4.78 is 0. The van der Waals surface area contributed by atoms with E-state index in [4.69, 9.17) is 5.84 Å². The standard InChI is InChI=1S/C15H22N4/c1-3-9-19(4-2)11-13-10-12-7-5-6-8-14(12)17-15(13)18-16/h5-8,10H,3-4,9,11,16H2,1-2H3,(H,17,18). The lowest BCUT2D eigenvalue weighted by atomic mass is 10.1. The number of hydrogen-bond donors (Lipinski definition) is 2. The van der Waals surface area contributed by atoms with Crippen LogP contribution in [0.2, 0.25) is 0 Å². The van der Waals surface area contributed by atoms with Crippen LogP contribution in [0.15, 0.2) is 30.3 Å². The van der Waals surface area contributed by atoms with Gasteiger partial charge in [-0.2, -0.15) is 0 Å². The number of hydrogen-bond acceptors (Lipinski definition) is 4. The first kappa shape index (κ1) is 13.8. The number of rotatable bonds is 6. The van der Waals surface area contributed by atoms with Crippen molar-refractivity contribution in [2.75, 3.05) is 18.5 Å². The van der Waals surface area contributed by atoms with E-state index in [1.54, 1.807) is 0 Å². The van der Waals surface area contributed by atoms with E-state index >= 15 is 0 Å². The van der Waals surface area contributed by atoms with Crippen molar-refractivity contribution in [1.29, 1.82) is 0 Å². The summed E-state index contributed by atoms with van der Waals surface area (Å²) in [5, 5.41) is 1.16. The van der Waals surface area contributed by atoms with Crippen LogP contribution in [0.4, 0.5) is 5.82 Å². The van der Waals surface area contributed by atoms with Gasteiger partial charge >= 0.3 is 0 Å². The second-order valence-corrected chi connectivity index (χ2v) is 4.70. The molecule has 4 heteroatoms. The molecule has 19 heavy (non-hydrogen) atoms. The zero-order chi connectivity index (χ0) is 13.7. The third-order valence-electron chi connectivity index (χ3n) is 3.32. The van der Waals surface area contributed by atoms with E-state index in [0.29, 0.717) is 0 Å². The molecule has 102 valence electrons. The number of nitrogens with one attached hydrogen (secondary N) is 1. The minimum Gasteiger partial charge on any atom is -0.308 e. The predicted molar refractivity (Wildman–Crippen MR) is 80.8 cm³/mol. The average molecular weight is 258 g/mol. The number of nitrogen functional groups attached to an aromatic ring is 1. The van der Waals surface area contributed by atoms with Gasteiger partial charge in [0.2, 0.25) is 0 Å². The average Bonchev–Trinajstić information content (AvgIpc) is 2.46. The molecule has 3 N–H and O–H groups in total. The number of hydrazine groups is 1. The monoisotopic (exact) mass is 258 g/mol. The van der Waals surface area contributed by atoms with Gasteiger partial charge < -0.3 is 5.43 Å². The number of nitrogens with two attached hydrogens (primary N) is 1. The van der Waals surface area contributed by atoms with E-state index in [1.807, 2.05) is 18.2 Å². The van der Waals surface area contributed by atoms with Crippen molar-refractivity contribution in [3.8, 4) is 0 Å². The number of benzene rings is 1. The maximum absolute atomic E-state index is 5.60. The highest BCUT2D eigenvalue weighted by Gasteiger charge is 2.09. The summed E-state index contributed by atoms with van der Waals surface area (Å²) in [5.74, 6) is 6.37. The quantitative estimate of drug-likeness (QED) is 0.618. The highest BCUT2D eigenvalue weighted by Crippen LogP contribution is 2.21. The Balaban J connectivity index is 2.34. The van der Waals surface area contributed by atoms with E-state index < -0.39 is 0 Å². The highest BCUT2D eigenvalue weighted by molar-refractivity contribution is 5.81. The van der Waals surface area contributed by atoms with Crippen molar-refractivity contribution in [2.24, 2.45) is 5.84 Å². The molecule has 1 heterocycles. The van der Waals surface area contributed by atoms with E-state index in [-0.39, 0.29) is 0 Å². The lowest BCUT2D eigenvalue weighted by molar-refractivity contribution is 0.281. The SMILES string of the molecule is CCCN(CC)Cc1cc2ccccc2nc1NN. The van der Waals surface area contributed by atoms with Crippen LogP contribution in [-0.4, -0.2) is 23.0 Å². The molecular weight excluding hydrogens is 236 g/mol. The molecule has 1 aromatic heterocycles. The molecule has 0 aliphatic heterocycles. The van der Waals surface area contributed by atoms with Crippen molar-refractivity contribution in [3.05, 3.63) is 35.9 Å². The summed E-state index contributed by atoms with van der Waals surface area (Å²) in [6.45, 7) is 7.38. The van der Waals surface area contributed by atoms with E-state index in [1.165, 1.54) is 0 Å². The Morgan fingerprint density at radius 2 is 2.05 bits per heavy atom. The number of para-hydroxylation sites is 1. The molecular formula is C15H22N4. The largest absolute Gasteiger partial charge is 0.308 e. The first-order valence-corrected chi connectivity index (χ1v) is 6.86. The predicted octanol–water partition coefficient (Wildman–Crippen LogP) is 2.75. The minimum absolute atomic E-state index is 0.772. The van der Waals surface area contributed by atoms with Gasteiger partial charge in [0.1, 0.15) is 5.82 Å². The molecule has 0 bridgehead atoms. The number of fused-ring (bicyclic) bond motifs is 1. The Morgan fingerprint density at radius 1 is 1.26 bits per heavy atom. The second kappa shape index (κ2) is 6.50. The molecule has 0 amide bonds. The van der Waals surface area contributed by atoms with Crippen LogP contribution >= 0.6 is 0 Å². The molecule has 0 saturated carbocycles. The molecule has 0 atom stereocenters. The molecule has 0 spiro atoms. The summed E-state index contributed by atoms with van der Waals surface area (Å²) in [6.07, 6.45) is 1.15. The summed E-state index contributed by atoms with van der Waals surface area (Å²) in [6, 6.07) is 10.3. The summed E-state index contributed by atoms with van der Waals surface area (Å²) >= 11 is 0. The maximum atomic E-state index is 5.60. The van der Waals surface area contributed by atoms with Gasteiger partial charge in [0.05, 0.1) is 5.52 Å². The summed E-state index contributed by atoms with van der Waals surface area (Å²) in [5.41, 5.74) is 4.84. The first-order valence-electron chi connectivity index (χ1n) is 6.86. The molecule has 0 aliphatic rings. The molecule has 0 radical (unpaired) electrons. The van der Waals surface area contributed by atoms with Crippen LogP contribution in [0.5, 0.6) is 0 Å². The van der Waals surface area contributed by atoms with E-state index in [9.17, 15) is 0 Å². The van der Waals surface area contributed by atoms with Crippen molar-refractivity contribution in [3.63, 3.8) is 0 Å². The van der Waals surface area contributed by atoms with E-state index in [0.717, 1.165) is 48.3 Å². The number of anilines is 1. The molecule has 1 aromatic carbocycles. The smallest absolute Gasteiger partial charge is 0.145 e. The molecule has 2 rings (SSSR count). The van der Waals surface area contributed by atoms with Crippen LogP contribution in [0, 0.1) is 0 Å². The normalized spacial score (nSPS) is 11.2. The van der Waals surface area contributed by atoms with Crippen molar-refractivity contribution >= 4 is 16.7 Å². The first-order chi connectivity index (χ1) is 9.28.